The fourth-order valence-corrected chi connectivity index (χ4v) is 2.70. The molecule has 1 N–H and O–H groups in total. The molecule has 2 rings (SSSR count). The van der Waals surface area contributed by atoms with Gasteiger partial charge in [-0.3, -0.25) is 4.90 Å². The first-order valence-electron chi connectivity index (χ1n) is 5.86. The highest BCUT2D eigenvalue weighted by Gasteiger charge is 2.30. The molecule has 14 heavy (non-hydrogen) atoms. The van der Waals surface area contributed by atoms with Gasteiger partial charge >= 0.3 is 0 Å². The van der Waals surface area contributed by atoms with Crippen molar-refractivity contribution in [2.45, 2.75) is 38.4 Å². The minimum atomic E-state index is -0.575. The van der Waals surface area contributed by atoms with Gasteiger partial charge in [0, 0.05) is 19.1 Å². The van der Waals surface area contributed by atoms with Crippen molar-refractivity contribution in [2.75, 3.05) is 26.2 Å². The van der Waals surface area contributed by atoms with Crippen LogP contribution in [0.2, 0.25) is 0 Å². The molecule has 0 amide bonds. The minimum Gasteiger partial charge on any atom is -0.316 e. The number of nitrogens with one attached hydrogen (secondary N) is 1. The van der Waals surface area contributed by atoms with Gasteiger partial charge in [0.1, 0.15) is 6.17 Å². The van der Waals surface area contributed by atoms with Crippen LogP contribution in [0.25, 0.3) is 0 Å². The zero-order valence-electron chi connectivity index (χ0n) is 9.01. The van der Waals surface area contributed by atoms with Gasteiger partial charge in [0.15, 0.2) is 0 Å². The number of rotatable bonds is 2. The van der Waals surface area contributed by atoms with Crippen LogP contribution in [-0.2, 0) is 0 Å². The molecule has 0 aromatic rings. The van der Waals surface area contributed by atoms with E-state index < -0.39 is 6.17 Å². The third-order valence-corrected chi connectivity index (χ3v) is 3.76. The molecule has 3 unspecified atom stereocenters. The van der Waals surface area contributed by atoms with E-state index in [1.54, 1.807) is 0 Å². The molecular weight excluding hydrogens is 179 g/mol. The van der Waals surface area contributed by atoms with E-state index in [9.17, 15) is 4.39 Å². The summed E-state index contributed by atoms with van der Waals surface area (Å²) in [4.78, 5) is 2.32. The number of hydrogen-bond donors (Lipinski definition) is 1. The van der Waals surface area contributed by atoms with E-state index in [1.165, 1.54) is 12.8 Å². The third kappa shape index (κ3) is 2.26. The molecule has 2 saturated heterocycles. The molecule has 0 saturated carbocycles. The van der Waals surface area contributed by atoms with Crippen LogP contribution in [0.1, 0.15) is 26.2 Å². The maximum atomic E-state index is 13.0. The van der Waals surface area contributed by atoms with Crippen molar-refractivity contribution < 1.29 is 4.39 Å². The quantitative estimate of drug-likeness (QED) is 0.725. The molecule has 0 bridgehead atoms. The van der Waals surface area contributed by atoms with Gasteiger partial charge in [-0.25, -0.2) is 4.39 Å². The number of likely N-dealkylation sites (tertiary alicyclic amines) is 1. The normalized spacial score (nSPS) is 37.3. The topological polar surface area (TPSA) is 15.3 Å². The lowest BCUT2D eigenvalue weighted by Crippen LogP contribution is -2.44. The van der Waals surface area contributed by atoms with Crippen molar-refractivity contribution in [3.63, 3.8) is 0 Å². The van der Waals surface area contributed by atoms with Gasteiger partial charge in [0.2, 0.25) is 0 Å². The molecule has 0 radical (unpaired) electrons. The summed E-state index contributed by atoms with van der Waals surface area (Å²) in [7, 11) is 0. The van der Waals surface area contributed by atoms with Gasteiger partial charge in [-0.1, -0.05) is 0 Å². The standard InChI is InChI=1S/C11H21FN2/c1-9(10-3-2-5-13-7-10)14-6-4-11(12)8-14/h9-11,13H,2-8H2,1H3. The molecule has 2 nitrogen and oxygen atoms in total. The highest BCUT2D eigenvalue weighted by Crippen LogP contribution is 2.23. The predicted octanol–water partition coefficient (Wildman–Crippen LogP) is 1.42. The molecule has 3 heteroatoms. The van der Waals surface area contributed by atoms with Crippen LogP contribution in [0.3, 0.4) is 0 Å². The van der Waals surface area contributed by atoms with Crippen LogP contribution in [0, 0.1) is 5.92 Å². The van der Waals surface area contributed by atoms with Crippen molar-refractivity contribution >= 4 is 0 Å². The summed E-state index contributed by atoms with van der Waals surface area (Å²) in [6, 6.07) is 0.559. The van der Waals surface area contributed by atoms with E-state index in [0.29, 0.717) is 12.6 Å². The highest BCUT2D eigenvalue weighted by molar-refractivity contribution is 4.85. The maximum Gasteiger partial charge on any atom is 0.114 e. The molecule has 2 fully saturated rings. The Labute approximate surface area is 85.9 Å². The average Bonchev–Trinajstić information content (AvgIpc) is 2.65. The summed E-state index contributed by atoms with van der Waals surface area (Å²) in [5.74, 6) is 0.731. The monoisotopic (exact) mass is 200 g/mol. The van der Waals surface area contributed by atoms with Crippen molar-refractivity contribution in [3.8, 4) is 0 Å². The van der Waals surface area contributed by atoms with Gasteiger partial charge in [0.05, 0.1) is 0 Å². The molecule has 2 aliphatic heterocycles. The molecule has 2 heterocycles. The highest BCUT2D eigenvalue weighted by atomic mass is 19.1. The second kappa shape index (κ2) is 4.58. The molecule has 0 aromatic heterocycles. The Morgan fingerprint density at radius 2 is 2.29 bits per heavy atom. The van der Waals surface area contributed by atoms with Crippen molar-refractivity contribution in [1.82, 2.24) is 10.2 Å². The Bertz CT molecular complexity index is 175. The van der Waals surface area contributed by atoms with Crippen LogP contribution in [-0.4, -0.2) is 43.3 Å². The zero-order valence-corrected chi connectivity index (χ0v) is 9.01. The molecule has 0 aromatic carbocycles. The van der Waals surface area contributed by atoms with E-state index >= 15 is 0 Å². The Morgan fingerprint density at radius 3 is 2.86 bits per heavy atom. The summed E-state index contributed by atoms with van der Waals surface area (Å²) >= 11 is 0. The lowest BCUT2D eigenvalue weighted by atomic mass is 9.92. The summed E-state index contributed by atoms with van der Waals surface area (Å²) in [6.45, 7) is 6.16. The molecule has 3 atom stereocenters. The number of halogens is 1. The Balaban J connectivity index is 1.84. The third-order valence-electron chi connectivity index (χ3n) is 3.76. The zero-order chi connectivity index (χ0) is 9.97. The number of nitrogens with zero attached hydrogens (tertiary/aromatic N) is 1. The minimum absolute atomic E-state index is 0.559. The van der Waals surface area contributed by atoms with E-state index in [0.717, 1.165) is 32.0 Å². The lowest BCUT2D eigenvalue weighted by Gasteiger charge is -2.34. The van der Waals surface area contributed by atoms with Gasteiger partial charge in [-0.15, -0.1) is 0 Å². The Hall–Kier alpha value is -0.150. The van der Waals surface area contributed by atoms with Crippen molar-refractivity contribution in [1.29, 1.82) is 0 Å². The number of alkyl halides is 1. The van der Waals surface area contributed by atoms with Crippen LogP contribution in [0.15, 0.2) is 0 Å². The van der Waals surface area contributed by atoms with E-state index in [2.05, 4.69) is 17.1 Å². The first-order chi connectivity index (χ1) is 6.77. The van der Waals surface area contributed by atoms with Gasteiger partial charge < -0.3 is 5.32 Å². The van der Waals surface area contributed by atoms with Gasteiger partial charge in [-0.05, 0) is 45.2 Å². The fourth-order valence-electron chi connectivity index (χ4n) is 2.70. The first kappa shape index (κ1) is 10.4. The second-order valence-electron chi connectivity index (χ2n) is 4.73. The van der Waals surface area contributed by atoms with Gasteiger partial charge in [-0.2, -0.15) is 0 Å². The van der Waals surface area contributed by atoms with Crippen LogP contribution in [0.5, 0.6) is 0 Å². The van der Waals surface area contributed by atoms with Crippen LogP contribution >= 0.6 is 0 Å². The van der Waals surface area contributed by atoms with Crippen LogP contribution in [0.4, 0.5) is 4.39 Å². The summed E-state index contributed by atoms with van der Waals surface area (Å²) in [6.07, 6.45) is 2.75. The average molecular weight is 200 g/mol. The van der Waals surface area contributed by atoms with E-state index in [1.807, 2.05) is 0 Å². The molecular formula is C11H21FN2. The SMILES string of the molecule is CC(C1CCCNC1)N1CCC(F)C1. The van der Waals surface area contributed by atoms with E-state index in [-0.39, 0.29) is 0 Å². The van der Waals surface area contributed by atoms with Crippen molar-refractivity contribution in [2.24, 2.45) is 5.92 Å². The van der Waals surface area contributed by atoms with Gasteiger partial charge in [0.25, 0.3) is 0 Å². The summed E-state index contributed by atoms with van der Waals surface area (Å²) in [5, 5.41) is 3.43. The molecule has 0 aliphatic carbocycles. The Kier molecular flexibility index (Phi) is 3.39. The second-order valence-corrected chi connectivity index (χ2v) is 4.73. The molecule has 82 valence electrons. The van der Waals surface area contributed by atoms with Crippen molar-refractivity contribution in [3.05, 3.63) is 0 Å². The first-order valence-corrected chi connectivity index (χ1v) is 5.86. The van der Waals surface area contributed by atoms with Crippen LogP contribution < -0.4 is 5.32 Å². The summed E-state index contributed by atoms with van der Waals surface area (Å²) in [5.41, 5.74) is 0. The molecule has 0 spiro atoms. The number of hydrogen-bond acceptors (Lipinski definition) is 2. The maximum absolute atomic E-state index is 13.0. The fraction of sp³-hybridized carbons (Fsp3) is 1.00. The largest absolute Gasteiger partial charge is 0.316 e. The number of piperidine rings is 1. The predicted molar refractivity (Wildman–Crippen MR) is 56.1 cm³/mol. The van der Waals surface area contributed by atoms with E-state index in [4.69, 9.17) is 0 Å². The summed E-state index contributed by atoms with van der Waals surface area (Å²) < 4.78 is 13.0. The molecule has 2 aliphatic rings. The Morgan fingerprint density at radius 1 is 1.43 bits per heavy atom. The lowest BCUT2D eigenvalue weighted by molar-refractivity contribution is 0.155. The smallest absolute Gasteiger partial charge is 0.114 e.